The van der Waals surface area contributed by atoms with Crippen LogP contribution in [0.25, 0.3) is 0 Å². The Bertz CT molecular complexity index is 473. The number of rotatable bonds is 5. The molecule has 0 saturated carbocycles. The first-order valence-electron chi connectivity index (χ1n) is 4.94. The van der Waals surface area contributed by atoms with E-state index in [1.165, 1.54) is 19.2 Å². The van der Waals surface area contributed by atoms with Crippen LogP contribution >= 0.6 is 0 Å². The molecule has 0 aliphatic heterocycles. The fraction of sp³-hybridized carbons (Fsp3) is 0.273. The molecule has 0 spiro atoms. The van der Waals surface area contributed by atoms with Crippen molar-refractivity contribution in [2.75, 3.05) is 7.11 Å². The molecule has 5 N–H and O–H groups in total. The Morgan fingerprint density at radius 2 is 1.89 bits per heavy atom. The van der Waals surface area contributed by atoms with Crippen molar-refractivity contribution in [3.63, 3.8) is 0 Å². The predicted octanol–water partition coefficient (Wildman–Crippen LogP) is -0.727. The number of carbonyl (C=O) groups excluding carboxylic acids is 1. The molecule has 2 unspecified atom stereocenters. The summed E-state index contributed by atoms with van der Waals surface area (Å²) < 4.78 is 4.86. The van der Waals surface area contributed by atoms with Gasteiger partial charge in [-0.2, -0.15) is 0 Å². The highest BCUT2D eigenvalue weighted by molar-refractivity contribution is 5.88. The molecule has 1 amide bonds. The van der Waals surface area contributed by atoms with Gasteiger partial charge >= 0.3 is 5.97 Å². The number of methoxy groups -OCH3 is 1. The molecule has 18 heavy (non-hydrogen) atoms. The minimum absolute atomic E-state index is 0.0260. The van der Waals surface area contributed by atoms with Crippen molar-refractivity contribution in [3.8, 4) is 5.75 Å². The van der Waals surface area contributed by atoms with Crippen molar-refractivity contribution in [1.82, 2.24) is 0 Å². The van der Waals surface area contributed by atoms with Crippen LogP contribution in [0.3, 0.4) is 0 Å². The zero-order valence-electron chi connectivity index (χ0n) is 9.53. The number of primary amides is 1. The summed E-state index contributed by atoms with van der Waals surface area (Å²) in [4.78, 5) is 21.6. The smallest absolute Gasteiger partial charge is 0.335 e. The van der Waals surface area contributed by atoms with Crippen LogP contribution in [-0.2, 0) is 4.79 Å². The third kappa shape index (κ3) is 2.96. The number of amides is 1. The number of carboxylic acid groups (broad SMARTS) is 1. The molecular weight excluding hydrogens is 242 g/mol. The second-order valence-electron chi connectivity index (χ2n) is 3.59. The van der Waals surface area contributed by atoms with Crippen molar-refractivity contribution in [3.05, 3.63) is 29.3 Å². The first-order valence-corrected chi connectivity index (χ1v) is 4.94. The highest BCUT2D eigenvalue weighted by atomic mass is 16.5. The highest BCUT2D eigenvalue weighted by Crippen LogP contribution is 2.24. The second-order valence-corrected chi connectivity index (χ2v) is 3.59. The van der Waals surface area contributed by atoms with E-state index in [-0.39, 0.29) is 16.9 Å². The van der Waals surface area contributed by atoms with Gasteiger partial charge < -0.3 is 25.8 Å². The number of nitrogens with two attached hydrogens (primary N) is 1. The van der Waals surface area contributed by atoms with E-state index < -0.39 is 24.1 Å². The quantitative estimate of drug-likeness (QED) is 0.549. The Kier molecular flexibility index (Phi) is 4.24. The van der Waals surface area contributed by atoms with E-state index in [1.807, 2.05) is 0 Å². The van der Waals surface area contributed by atoms with Crippen LogP contribution in [0.2, 0.25) is 0 Å². The largest absolute Gasteiger partial charge is 0.497 e. The molecule has 7 nitrogen and oxygen atoms in total. The second kappa shape index (κ2) is 5.48. The number of benzene rings is 1. The van der Waals surface area contributed by atoms with Crippen molar-refractivity contribution in [2.24, 2.45) is 5.73 Å². The normalized spacial score (nSPS) is 13.7. The zero-order valence-corrected chi connectivity index (χ0v) is 9.53. The third-order valence-corrected chi connectivity index (χ3v) is 2.34. The maximum Gasteiger partial charge on any atom is 0.335 e. The van der Waals surface area contributed by atoms with Crippen LogP contribution in [0.1, 0.15) is 22.0 Å². The van der Waals surface area contributed by atoms with Crippen molar-refractivity contribution in [2.45, 2.75) is 12.2 Å². The third-order valence-electron chi connectivity index (χ3n) is 2.34. The van der Waals surface area contributed by atoms with Crippen LogP contribution in [0.4, 0.5) is 0 Å². The maximum atomic E-state index is 10.9. The molecule has 1 aromatic rings. The van der Waals surface area contributed by atoms with E-state index in [4.69, 9.17) is 15.6 Å². The summed E-state index contributed by atoms with van der Waals surface area (Å²) in [5, 5.41) is 27.9. The Labute approximate surface area is 102 Å². The summed E-state index contributed by atoms with van der Waals surface area (Å²) in [6.07, 6.45) is -3.44. The van der Waals surface area contributed by atoms with Gasteiger partial charge in [0.2, 0.25) is 5.91 Å². The summed E-state index contributed by atoms with van der Waals surface area (Å²) in [6.45, 7) is 0. The van der Waals surface area contributed by atoms with E-state index in [1.54, 1.807) is 0 Å². The zero-order chi connectivity index (χ0) is 13.9. The molecule has 0 fully saturated rings. The summed E-state index contributed by atoms with van der Waals surface area (Å²) >= 11 is 0. The highest BCUT2D eigenvalue weighted by Gasteiger charge is 2.24. The van der Waals surface area contributed by atoms with Gasteiger partial charge in [-0.05, 0) is 23.8 Å². The molecule has 0 aliphatic rings. The lowest BCUT2D eigenvalue weighted by atomic mass is 10.0. The first-order chi connectivity index (χ1) is 8.36. The van der Waals surface area contributed by atoms with E-state index in [0.29, 0.717) is 0 Å². The van der Waals surface area contributed by atoms with Crippen LogP contribution in [0.15, 0.2) is 18.2 Å². The number of carbonyl (C=O) groups is 2. The molecule has 0 heterocycles. The van der Waals surface area contributed by atoms with Gasteiger partial charge in [0.1, 0.15) is 11.9 Å². The predicted molar refractivity (Wildman–Crippen MR) is 60.1 cm³/mol. The average Bonchev–Trinajstić information content (AvgIpc) is 2.35. The SMILES string of the molecule is COc1cc(C(=O)O)cc(C(O)C(O)C(N)=O)c1. The summed E-state index contributed by atoms with van der Waals surface area (Å²) in [6, 6.07) is 3.68. The van der Waals surface area contributed by atoms with E-state index in [9.17, 15) is 19.8 Å². The van der Waals surface area contributed by atoms with Gasteiger partial charge in [0.05, 0.1) is 12.7 Å². The van der Waals surface area contributed by atoms with Crippen molar-refractivity contribution in [1.29, 1.82) is 0 Å². The molecule has 7 heteroatoms. The van der Waals surface area contributed by atoms with Gasteiger partial charge in [-0.3, -0.25) is 4.79 Å². The fourth-order valence-corrected chi connectivity index (χ4v) is 1.37. The molecule has 98 valence electrons. The molecule has 0 aromatic heterocycles. The van der Waals surface area contributed by atoms with Crippen LogP contribution < -0.4 is 10.5 Å². The fourth-order valence-electron chi connectivity index (χ4n) is 1.37. The molecule has 2 atom stereocenters. The Morgan fingerprint density at radius 3 is 2.33 bits per heavy atom. The molecule has 0 bridgehead atoms. The topological polar surface area (TPSA) is 130 Å². The van der Waals surface area contributed by atoms with Crippen molar-refractivity contribution < 1.29 is 29.6 Å². The number of aliphatic hydroxyl groups excluding tert-OH is 2. The Hall–Kier alpha value is -2.12. The minimum atomic E-state index is -1.82. The Balaban J connectivity index is 3.19. The van der Waals surface area contributed by atoms with E-state index in [0.717, 1.165) is 6.07 Å². The Morgan fingerprint density at radius 1 is 1.28 bits per heavy atom. The lowest BCUT2D eigenvalue weighted by Gasteiger charge is -2.16. The molecule has 1 rings (SSSR count). The monoisotopic (exact) mass is 255 g/mol. The molecule has 0 radical (unpaired) electrons. The van der Waals surface area contributed by atoms with Gasteiger partial charge in [-0.1, -0.05) is 0 Å². The standard InChI is InChI=1S/C11H13NO6/c1-18-7-3-5(2-6(4-7)11(16)17)8(13)9(14)10(12)15/h2-4,8-9,13-14H,1H3,(H2,12,15)(H,16,17). The molecule has 1 aromatic carbocycles. The van der Waals surface area contributed by atoms with Gasteiger partial charge in [0, 0.05) is 0 Å². The lowest BCUT2D eigenvalue weighted by molar-refractivity contribution is -0.131. The molecule has 0 aliphatic carbocycles. The number of ether oxygens (including phenoxy) is 1. The van der Waals surface area contributed by atoms with E-state index in [2.05, 4.69) is 0 Å². The number of aromatic carboxylic acids is 1. The maximum absolute atomic E-state index is 10.9. The van der Waals surface area contributed by atoms with Crippen LogP contribution in [0, 0.1) is 0 Å². The number of carboxylic acids is 1. The first kappa shape index (κ1) is 13.9. The summed E-state index contributed by atoms with van der Waals surface area (Å²) in [5.74, 6) is -2.15. The molecular formula is C11H13NO6. The van der Waals surface area contributed by atoms with Crippen LogP contribution in [-0.4, -0.2) is 40.4 Å². The van der Waals surface area contributed by atoms with Crippen molar-refractivity contribution >= 4 is 11.9 Å². The summed E-state index contributed by atoms with van der Waals surface area (Å²) in [5.41, 5.74) is 4.73. The number of aliphatic hydroxyl groups is 2. The molecule has 0 saturated heterocycles. The van der Waals surface area contributed by atoms with Gasteiger partial charge in [-0.25, -0.2) is 4.79 Å². The van der Waals surface area contributed by atoms with Gasteiger partial charge in [0.25, 0.3) is 0 Å². The summed E-state index contributed by atoms with van der Waals surface area (Å²) in [7, 11) is 1.32. The van der Waals surface area contributed by atoms with E-state index >= 15 is 0 Å². The number of hydrogen-bond donors (Lipinski definition) is 4. The lowest BCUT2D eigenvalue weighted by Crippen LogP contribution is -2.33. The van der Waals surface area contributed by atoms with Crippen LogP contribution in [0.5, 0.6) is 5.75 Å². The minimum Gasteiger partial charge on any atom is -0.497 e. The van der Waals surface area contributed by atoms with Gasteiger partial charge in [-0.15, -0.1) is 0 Å². The van der Waals surface area contributed by atoms with Gasteiger partial charge in [0.15, 0.2) is 6.10 Å². The number of hydrogen-bond acceptors (Lipinski definition) is 5. The average molecular weight is 255 g/mol.